The fourth-order valence-corrected chi connectivity index (χ4v) is 3.41. The van der Waals surface area contributed by atoms with Gasteiger partial charge < -0.3 is 10.2 Å². The summed E-state index contributed by atoms with van der Waals surface area (Å²) in [5.74, 6) is -1.02. The maximum Gasteiger partial charge on any atom is 0.306 e. The molecule has 2 N–H and O–H groups in total. The minimum absolute atomic E-state index is 0.282. The fourth-order valence-electron chi connectivity index (χ4n) is 2.32. The monoisotopic (exact) mass is 284 g/mol. The Morgan fingerprint density at radius 3 is 2.58 bits per heavy atom. The molecule has 0 radical (unpaired) electrons. The van der Waals surface area contributed by atoms with Crippen LogP contribution in [-0.2, 0) is 4.79 Å². The number of halogens is 1. The highest BCUT2D eigenvalue weighted by atomic mass is 32.2. The van der Waals surface area contributed by atoms with Crippen molar-refractivity contribution in [2.45, 2.75) is 36.2 Å². The molecule has 0 bridgehead atoms. The molecular weight excluding hydrogens is 267 g/mol. The molecule has 0 spiro atoms. The van der Waals surface area contributed by atoms with Gasteiger partial charge in [0.15, 0.2) is 0 Å². The van der Waals surface area contributed by atoms with Crippen molar-refractivity contribution in [3.63, 3.8) is 0 Å². The molecule has 3 nitrogen and oxygen atoms in total. The molecule has 0 saturated heterocycles. The standard InChI is InChI=1S/C14H17FO3S/c15-11-3-1-2-4-12(11)19-9-14(18)7-5-10(6-8-14)13(16)17/h1-4,10,18H,5-9H2,(H,16,17). The molecule has 0 atom stereocenters. The van der Waals surface area contributed by atoms with Crippen molar-refractivity contribution in [3.8, 4) is 0 Å². The van der Waals surface area contributed by atoms with E-state index < -0.39 is 11.6 Å². The highest BCUT2D eigenvalue weighted by Crippen LogP contribution is 2.36. The molecule has 5 heteroatoms. The van der Waals surface area contributed by atoms with Crippen LogP contribution in [0.25, 0.3) is 0 Å². The first-order valence-electron chi connectivity index (χ1n) is 6.33. The Morgan fingerprint density at radius 1 is 1.37 bits per heavy atom. The van der Waals surface area contributed by atoms with Crippen molar-refractivity contribution in [1.82, 2.24) is 0 Å². The van der Waals surface area contributed by atoms with Gasteiger partial charge >= 0.3 is 5.97 Å². The average molecular weight is 284 g/mol. The topological polar surface area (TPSA) is 57.5 Å². The molecular formula is C14H17FO3S. The van der Waals surface area contributed by atoms with Crippen molar-refractivity contribution < 1.29 is 19.4 Å². The number of hydrogen-bond acceptors (Lipinski definition) is 3. The maximum absolute atomic E-state index is 13.5. The molecule has 1 aromatic carbocycles. The molecule has 0 aromatic heterocycles. The Labute approximate surface area is 115 Å². The lowest BCUT2D eigenvalue weighted by Gasteiger charge is -2.34. The molecule has 2 rings (SSSR count). The van der Waals surface area contributed by atoms with Crippen LogP contribution in [0.2, 0.25) is 0 Å². The summed E-state index contributed by atoms with van der Waals surface area (Å²) in [7, 11) is 0. The Morgan fingerprint density at radius 2 is 2.00 bits per heavy atom. The summed E-state index contributed by atoms with van der Waals surface area (Å²) in [5, 5.41) is 19.3. The van der Waals surface area contributed by atoms with Crippen LogP contribution in [0.15, 0.2) is 29.2 Å². The highest BCUT2D eigenvalue weighted by molar-refractivity contribution is 7.99. The number of aliphatic hydroxyl groups is 1. The second kappa shape index (κ2) is 5.92. The Balaban J connectivity index is 1.90. The van der Waals surface area contributed by atoms with Gasteiger partial charge in [-0.05, 0) is 37.8 Å². The summed E-state index contributed by atoms with van der Waals surface area (Å²) in [6, 6.07) is 6.48. The van der Waals surface area contributed by atoms with Gasteiger partial charge in [0.25, 0.3) is 0 Å². The van der Waals surface area contributed by atoms with Gasteiger partial charge in [-0.3, -0.25) is 4.79 Å². The van der Waals surface area contributed by atoms with E-state index in [-0.39, 0.29) is 11.7 Å². The average Bonchev–Trinajstić information content (AvgIpc) is 2.38. The van der Waals surface area contributed by atoms with Gasteiger partial charge in [0.2, 0.25) is 0 Å². The van der Waals surface area contributed by atoms with Gasteiger partial charge in [-0.2, -0.15) is 0 Å². The predicted molar refractivity (Wildman–Crippen MR) is 71.7 cm³/mol. The molecule has 1 saturated carbocycles. The lowest BCUT2D eigenvalue weighted by molar-refractivity contribution is -0.144. The molecule has 1 aromatic rings. The van der Waals surface area contributed by atoms with Gasteiger partial charge in [0, 0.05) is 10.6 Å². The first-order valence-corrected chi connectivity index (χ1v) is 7.31. The zero-order valence-corrected chi connectivity index (χ0v) is 11.3. The van der Waals surface area contributed by atoms with E-state index in [4.69, 9.17) is 5.11 Å². The van der Waals surface area contributed by atoms with Gasteiger partial charge in [-0.25, -0.2) is 4.39 Å². The number of rotatable bonds is 4. The first kappa shape index (κ1) is 14.3. The molecule has 19 heavy (non-hydrogen) atoms. The molecule has 0 unspecified atom stereocenters. The van der Waals surface area contributed by atoms with E-state index in [1.807, 2.05) is 0 Å². The zero-order valence-electron chi connectivity index (χ0n) is 10.5. The van der Waals surface area contributed by atoms with E-state index in [0.29, 0.717) is 36.3 Å². The molecule has 0 amide bonds. The molecule has 1 aliphatic carbocycles. The number of hydrogen-bond donors (Lipinski definition) is 2. The van der Waals surface area contributed by atoms with Crippen molar-refractivity contribution in [3.05, 3.63) is 30.1 Å². The molecule has 1 aliphatic rings. The number of aliphatic carboxylic acids is 1. The number of carbonyl (C=O) groups is 1. The second-order valence-corrected chi connectivity index (χ2v) is 6.07. The van der Waals surface area contributed by atoms with Gasteiger partial charge in [-0.1, -0.05) is 12.1 Å². The van der Waals surface area contributed by atoms with Crippen molar-refractivity contribution in [1.29, 1.82) is 0 Å². The van der Waals surface area contributed by atoms with Crippen molar-refractivity contribution in [2.75, 3.05) is 5.75 Å². The minimum atomic E-state index is -0.876. The first-order chi connectivity index (χ1) is 9.00. The summed E-state index contributed by atoms with van der Waals surface area (Å²) in [6.07, 6.45) is 1.91. The number of carboxylic acid groups (broad SMARTS) is 1. The van der Waals surface area contributed by atoms with Crippen LogP contribution < -0.4 is 0 Å². The lowest BCUT2D eigenvalue weighted by Crippen LogP contribution is -2.38. The Hall–Kier alpha value is -1.07. The van der Waals surface area contributed by atoms with Crippen LogP contribution in [0, 0.1) is 11.7 Å². The minimum Gasteiger partial charge on any atom is -0.481 e. The SMILES string of the molecule is O=C(O)C1CCC(O)(CSc2ccccc2F)CC1. The van der Waals surface area contributed by atoms with Crippen LogP contribution in [0.1, 0.15) is 25.7 Å². The molecule has 104 valence electrons. The Kier molecular flexibility index (Phi) is 4.47. The van der Waals surface area contributed by atoms with Crippen LogP contribution in [0.5, 0.6) is 0 Å². The van der Waals surface area contributed by atoms with E-state index in [2.05, 4.69) is 0 Å². The van der Waals surface area contributed by atoms with Crippen molar-refractivity contribution in [2.24, 2.45) is 5.92 Å². The number of benzene rings is 1. The summed E-state index contributed by atoms with van der Waals surface area (Å²) < 4.78 is 13.5. The van der Waals surface area contributed by atoms with E-state index >= 15 is 0 Å². The van der Waals surface area contributed by atoms with Gasteiger partial charge in [-0.15, -0.1) is 11.8 Å². The van der Waals surface area contributed by atoms with Crippen LogP contribution in [0.4, 0.5) is 4.39 Å². The summed E-state index contributed by atoms with van der Waals surface area (Å²) >= 11 is 1.29. The Bertz CT molecular complexity index is 456. The molecule has 0 aliphatic heterocycles. The second-order valence-electron chi connectivity index (χ2n) is 5.06. The summed E-state index contributed by atoms with van der Waals surface area (Å²) in [5.41, 5.74) is -0.876. The number of thioether (sulfide) groups is 1. The van der Waals surface area contributed by atoms with Crippen LogP contribution in [-0.4, -0.2) is 27.5 Å². The zero-order chi connectivity index (χ0) is 13.9. The van der Waals surface area contributed by atoms with Crippen LogP contribution in [0.3, 0.4) is 0 Å². The quantitative estimate of drug-likeness (QED) is 0.835. The third-order valence-corrected chi connectivity index (χ3v) is 4.92. The van der Waals surface area contributed by atoms with E-state index in [9.17, 15) is 14.3 Å². The molecule has 0 heterocycles. The van der Waals surface area contributed by atoms with Gasteiger partial charge in [0.1, 0.15) is 5.82 Å². The third-order valence-electron chi connectivity index (χ3n) is 3.60. The van der Waals surface area contributed by atoms with Gasteiger partial charge in [0.05, 0.1) is 11.5 Å². The largest absolute Gasteiger partial charge is 0.481 e. The van der Waals surface area contributed by atoms with Crippen LogP contribution >= 0.6 is 11.8 Å². The van der Waals surface area contributed by atoms with Crippen molar-refractivity contribution >= 4 is 17.7 Å². The van der Waals surface area contributed by atoms with E-state index in [1.165, 1.54) is 17.8 Å². The predicted octanol–water partition coefficient (Wildman–Crippen LogP) is 2.92. The fraction of sp³-hybridized carbons (Fsp3) is 0.500. The third kappa shape index (κ3) is 3.70. The normalized spacial score (nSPS) is 27.2. The molecule has 1 fully saturated rings. The lowest BCUT2D eigenvalue weighted by atomic mass is 9.80. The summed E-state index contributed by atoms with van der Waals surface area (Å²) in [6.45, 7) is 0. The maximum atomic E-state index is 13.5. The highest BCUT2D eigenvalue weighted by Gasteiger charge is 2.35. The smallest absolute Gasteiger partial charge is 0.306 e. The van der Waals surface area contributed by atoms with E-state index in [1.54, 1.807) is 18.2 Å². The summed E-state index contributed by atoms with van der Waals surface area (Å²) in [4.78, 5) is 11.4. The number of carboxylic acids is 1. The van der Waals surface area contributed by atoms with E-state index in [0.717, 1.165) is 0 Å².